The van der Waals surface area contributed by atoms with Crippen LogP contribution in [0.4, 0.5) is 0 Å². The second kappa shape index (κ2) is 4.96. The molecule has 1 aliphatic carbocycles. The van der Waals surface area contributed by atoms with E-state index in [0.717, 1.165) is 19.3 Å². The Morgan fingerprint density at radius 1 is 1.29 bits per heavy atom. The van der Waals surface area contributed by atoms with Crippen LogP contribution >= 0.6 is 11.6 Å². The van der Waals surface area contributed by atoms with Gasteiger partial charge in [-0.05, 0) is 43.9 Å². The maximum absolute atomic E-state index is 11.6. The second-order valence-electron chi connectivity index (χ2n) is 4.48. The van der Waals surface area contributed by atoms with E-state index in [1.54, 1.807) is 24.3 Å². The Hall–Kier alpha value is -1.22. The van der Waals surface area contributed by atoms with Crippen molar-refractivity contribution in [1.82, 2.24) is 0 Å². The zero-order chi connectivity index (χ0) is 12.3. The average molecular weight is 254 g/mol. The molecule has 0 heterocycles. The lowest BCUT2D eigenvalue weighted by atomic mass is 9.84. The van der Waals surface area contributed by atoms with E-state index >= 15 is 0 Å². The van der Waals surface area contributed by atoms with Crippen LogP contribution in [0.5, 0.6) is 5.75 Å². The fourth-order valence-electron chi connectivity index (χ4n) is 2.28. The molecule has 1 aromatic rings. The molecule has 17 heavy (non-hydrogen) atoms. The predicted molar refractivity (Wildman–Crippen MR) is 67.1 cm³/mol. The first kappa shape index (κ1) is 12.2. The van der Waals surface area contributed by atoms with E-state index in [2.05, 4.69) is 0 Å². The highest BCUT2D eigenvalue weighted by Crippen LogP contribution is 2.33. The number of nitrogens with two attached hydrogens (primary N) is 1. The van der Waals surface area contributed by atoms with Gasteiger partial charge in [-0.25, -0.2) is 0 Å². The van der Waals surface area contributed by atoms with E-state index < -0.39 is 5.60 Å². The molecular weight excluding hydrogens is 238 g/mol. The minimum atomic E-state index is -0.844. The second-order valence-corrected chi connectivity index (χ2v) is 4.92. The highest BCUT2D eigenvalue weighted by molar-refractivity contribution is 6.30. The van der Waals surface area contributed by atoms with Crippen LogP contribution in [0, 0.1) is 0 Å². The Labute approximate surface area is 106 Å². The normalized spacial score (nSPS) is 18.6. The molecule has 3 nitrogen and oxygen atoms in total. The molecule has 0 radical (unpaired) electrons. The molecule has 0 aliphatic heterocycles. The first-order valence-corrected chi connectivity index (χ1v) is 6.25. The number of benzene rings is 1. The van der Waals surface area contributed by atoms with E-state index in [-0.39, 0.29) is 5.91 Å². The van der Waals surface area contributed by atoms with Crippen molar-refractivity contribution in [2.75, 3.05) is 0 Å². The van der Waals surface area contributed by atoms with Crippen LogP contribution in [0.3, 0.4) is 0 Å². The van der Waals surface area contributed by atoms with Gasteiger partial charge < -0.3 is 10.5 Å². The van der Waals surface area contributed by atoms with Gasteiger partial charge in [0, 0.05) is 5.02 Å². The van der Waals surface area contributed by atoms with Gasteiger partial charge in [0.1, 0.15) is 5.75 Å². The van der Waals surface area contributed by atoms with Crippen molar-refractivity contribution in [3.05, 3.63) is 29.3 Å². The SMILES string of the molecule is NC(=O)C1(Oc2cccc(Cl)c2)CCCCC1. The first-order chi connectivity index (χ1) is 8.12. The Morgan fingerprint density at radius 2 is 2.00 bits per heavy atom. The number of halogens is 1. The molecule has 92 valence electrons. The minimum Gasteiger partial charge on any atom is -0.477 e. The van der Waals surface area contributed by atoms with Crippen molar-refractivity contribution in [1.29, 1.82) is 0 Å². The summed E-state index contributed by atoms with van der Waals surface area (Å²) in [7, 11) is 0. The van der Waals surface area contributed by atoms with Crippen molar-refractivity contribution < 1.29 is 9.53 Å². The number of hydrogen-bond donors (Lipinski definition) is 1. The van der Waals surface area contributed by atoms with Crippen molar-refractivity contribution in [2.24, 2.45) is 5.73 Å². The highest BCUT2D eigenvalue weighted by atomic mass is 35.5. The van der Waals surface area contributed by atoms with E-state index in [1.165, 1.54) is 0 Å². The number of amides is 1. The summed E-state index contributed by atoms with van der Waals surface area (Å²) in [5.74, 6) is 0.232. The smallest absolute Gasteiger partial charge is 0.261 e. The fraction of sp³-hybridized carbons (Fsp3) is 0.462. The molecule has 0 atom stereocenters. The number of ether oxygens (including phenoxy) is 1. The van der Waals surface area contributed by atoms with Crippen molar-refractivity contribution in [2.45, 2.75) is 37.7 Å². The van der Waals surface area contributed by atoms with Gasteiger partial charge in [-0.3, -0.25) is 4.79 Å². The number of carbonyl (C=O) groups excluding carboxylic acids is 1. The Morgan fingerprint density at radius 3 is 2.59 bits per heavy atom. The lowest BCUT2D eigenvalue weighted by Crippen LogP contribution is -2.50. The Kier molecular flexibility index (Phi) is 3.57. The van der Waals surface area contributed by atoms with Crippen LogP contribution < -0.4 is 10.5 Å². The summed E-state index contributed by atoms with van der Waals surface area (Å²) in [6.45, 7) is 0. The largest absolute Gasteiger partial charge is 0.477 e. The van der Waals surface area contributed by atoms with Crippen LogP contribution in [0.15, 0.2) is 24.3 Å². The zero-order valence-corrected chi connectivity index (χ0v) is 10.4. The molecule has 2 rings (SSSR count). The summed E-state index contributed by atoms with van der Waals surface area (Å²) in [6.07, 6.45) is 4.46. The fourth-order valence-corrected chi connectivity index (χ4v) is 2.46. The molecule has 1 fully saturated rings. The van der Waals surface area contributed by atoms with E-state index in [9.17, 15) is 4.79 Å². The number of carbonyl (C=O) groups is 1. The molecule has 1 aromatic carbocycles. The average Bonchev–Trinajstić information content (AvgIpc) is 2.30. The van der Waals surface area contributed by atoms with Gasteiger partial charge in [0.2, 0.25) is 0 Å². The summed E-state index contributed by atoms with van der Waals surface area (Å²) in [6, 6.07) is 7.08. The highest BCUT2D eigenvalue weighted by Gasteiger charge is 2.40. The summed E-state index contributed by atoms with van der Waals surface area (Å²) in [5.41, 5.74) is 4.65. The summed E-state index contributed by atoms with van der Waals surface area (Å²) in [4.78, 5) is 11.6. The molecule has 0 spiro atoms. The zero-order valence-electron chi connectivity index (χ0n) is 9.62. The van der Waals surface area contributed by atoms with Gasteiger partial charge in [0.25, 0.3) is 5.91 Å². The predicted octanol–water partition coefficient (Wildman–Crippen LogP) is 2.91. The van der Waals surface area contributed by atoms with Gasteiger partial charge in [-0.2, -0.15) is 0 Å². The van der Waals surface area contributed by atoms with Crippen LogP contribution in [0.1, 0.15) is 32.1 Å². The van der Waals surface area contributed by atoms with E-state index in [4.69, 9.17) is 22.1 Å². The maximum atomic E-state index is 11.6. The summed E-state index contributed by atoms with van der Waals surface area (Å²) in [5, 5.41) is 0.595. The molecule has 1 saturated carbocycles. The molecule has 0 bridgehead atoms. The third-order valence-corrected chi connectivity index (χ3v) is 3.45. The molecule has 1 aliphatic rings. The Bertz CT molecular complexity index is 414. The summed E-state index contributed by atoms with van der Waals surface area (Å²) < 4.78 is 5.83. The lowest BCUT2D eigenvalue weighted by Gasteiger charge is -2.34. The lowest BCUT2D eigenvalue weighted by molar-refractivity contribution is -0.136. The van der Waals surface area contributed by atoms with Gasteiger partial charge in [0.05, 0.1) is 0 Å². The van der Waals surface area contributed by atoms with Gasteiger partial charge in [-0.1, -0.05) is 24.1 Å². The van der Waals surface area contributed by atoms with Crippen molar-refractivity contribution >= 4 is 17.5 Å². The maximum Gasteiger partial charge on any atom is 0.261 e. The molecule has 0 aromatic heterocycles. The quantitative estimate of drug-likeness (QED) is 0.901. The number of hydrogen-bond acceptors (Lipinski definition) is 2. The van der Waals surface area contributed by atoms with Crippen LogP contribution in [-0.4, -0.2) is 11.5 Å². The molecule has 1 amide bonds. The summed E-state index contributed by atoms with van der Waals surface area (Å²) >= 11 is 5.89. The van der Waals surface area contributed by atoms with Gasteiger partial charge in [0.15, 0.2) is 5.60 Å². The van der Waals surface area contributed by atoms with Gasteiger partial charge in [-0.15, -0.1) is 0 Å². The molecule has 0 unspecified atom stereocenters. The van der Waals surface area contributed by atoms with Crippen molar-refractivity contribution in [3.8, 4) is 5.75 Å². The van der Waals surface area contributed by atoms with Crippen LogP contribution in [0.2, 0.25) is 5.02 Å². The van der Waals surface area contributed by atoms with E-state index in [1.807, 2.05) is 0 Å². The topological polar surface area (TPSA) is 52.3 Å². The third-order valence-electron chi connectivity index (χ3n) is 3.22. The third kappa shape index (κ3) is 2.72. The molecule has 4 heteroatoms. The van der Waals surface area contributed by atoms with Crippen LogP contribution in [0.25, 0.3) is 0 Å². The monoisotopic (exact) mass is 253 g/mol. The van der Waals surface area contributed by atoms with Crippen molar-refractivity contribution in [3.63, 3.8) is 0 Å². The van der Waals surface area contributed by atoms with Gasteiger partial charge >= 0.3 is 0 Å². The number of rotatable bonds is 3. The molecule has 2 N–H and O–H groups in total. The Balaban J connectivity index is 2.20. The van der Waals surface area contributed by atoms with E-state index in [0.29, 0.717) is 23.6 Å². The molecule has 0 saturated heterocycles. The van der Waals surface area contributed by atoms with Crippen LogP contribution in [-0.2, 0) is 4.79 Å². The standard InChI is InChI=1S/C13H16ClNO2/c14-10-5-4-6-11(9-10)17-13(12(15)16)7-2-1-3-8-13/h4-6,9H,1-3,7-8H2,(H2,15,16). The molecular formula is C13H16ClNO2. The first-order valence-electron chi connectivity index (χ1n) is 5.87. The number of primary amides is 1. The minimum absolute atomic E-state index is 0.378.